The minimum absolute atomic E-state index is 0.126. The first kappa shape index (κ1) is 20.4. The number of aromatic nitrogens is 2. The van der Waals surface area contributed by atoms with Crippen LogP contribution in [-0.4, -0.2) is 54.6 Å². The van der Waals surface area contributed by atoms with Crippen LogP contribution in [-0.2, 0) is 27.6 Å². The Balaban J connectivity index is 1.46. The molecule has 0 aliphatic carbocycles. The van der Waals surface area contributed by atoms with Crippen molar-refractivity contribution in [3.63, 3.8) is 0 Å². The van der Waals surface area contributed by atoms with Gasteiger partial charge in [-0.3, -0.25) is 4.79 Å². The Labute approximate surface area is 185 Å². The van der Waals surface area contributed by atoms with Crippen LogP contribution in [0.25, 0.3) is 10.9 Å². The summed E-state index contributed by atoms with van der Waals surface area (Å²) in [5, 5.41) is 2.91. The molecule has 0 saturated carbocycles. The molecule has 3 aromatic rings. The van der Waals surface area contributed by atoms with E-state index in [1.54, 1.807) is 29.5 Å². The SMILES string of the molecule is Cc1nc(N2CCC[C@H]2C(=O)N2CCc3sccc3C2)nc2cc(S(C)(=O)=O)ccc12. The summed E-state index contributed by atoms with van der Waals surface area (Å²) in [7, 11) is -3.33. The lowest BCUT2D eigenvalue weighted by atomic mass is 10.1. The zero-order valence-electron chi connectivity index (χ0n) is 17.5. The van der Waals surface area contributed by atoms with Gasteiger partial charge in [-0.25, -0.2) is 18.4 Å². The first-order valence-electron chi connectivity index (χ1n) is 10.4. The Morgan fingerprint density at radius 2 is 2.03 bits per heavy atom. The van der Waals surface area contributed by atoms with Crippen LogP contribution in [0, 0.1) is 6.92 Å². The van der Waals surface area contributed by atoms with Gasteiger partial charge in [-0.05, 0) is 61.4 Å². The molecule has 1 atom stereocenters. The third kappa shape index (κ3) is 3.70. The number of nitrogens with zero attached hydrogens (tertiary/aromatic N) is 4. The fourth-order valence-corrected chi connectivity index (χ4v) is 6.05. The molecule has 1 saturated heterocycles. The molecule has 2 aliphatic rings. The van der Waals surface area contributed by atoms with E-state index in [9.17, 15) is 13.2 Å². The summed E-state index contributed by atoms with van der Waals surface area (Å²) in [6, 6.07) is 6.77. The molecule has 2 aromatic heterocycles. The van der Waals surface area contributed by atoms with Crippen molar-refractivity contribution >= 4 is 43.9 Å². The zero-order valence-corrected chi connectivity index (χ0v) is 19.2. The van der Waals surface area contributed by atoms with Gasteiger partial charge in [0.2, 0.25) is 11.9 Å². The summed E-state index contributed by atoms with van der Waals surface area (Å²) in [6.45, 7) is 4.01. The van der Waals surface area contributed by atoms with E-state index in [2.05, 4.69) is 21.4 Å². The number of hydrogen-bond donors (Lipinski definition) is 0. The van der Waals surface area contributed by atoms with Crippen LogP contribution in [0.5, 0.6) is 0 Å². The van der Waals surface area contributed by atoms with Crippen molar-refractivity contribution in [2.24, 2.45) is 0 Å². The standard InChI is InChI=1S/C22H24N4O3S2/c1-14-17-6-5-16(31(2,28)29)12-18(17)24-22(23-14)26-9-3-4-19(26)21(27)25-10-7-20-15(13-25)8-11-30-20/h5-6,8,11-12,19H,3-4,7,9-10,13H2,1-2H3/t19-/m0/s1. The second-order valence-electron chi connectivity index (χ2n) is 8.29. The predicted octanol–water partition coefficient (Wildman–Crippen LogP) is 2.96. The first-order valence-corrected chi connectivity index (χ1v) is 13.2. The van der Waals surface area contributed by atoms with Gasteiger partial charge in [0.15, 0.2) is 9.84 Å². The Bertz CT molecular complexity index is 1290. The van der Waals surface area contributed by atoms with Gasteiger partial charge in [-0.1, -0.05) is 0 Å². The van der Waals surface area contributed by atoms with Gasteiger partial charge in [0.1, 0.15) is 6.04 Å². The molecule has 0 radical (unpaired) electrons. The highest BCUT2D eigenvalue weighted by Gasteiger charge is 2.36. The van der Waals surface area contributed by atoms with Gasteiger partial charge < -0.3 is 9.80 Å². The Kier molecular flexibility index (Phi) is 4.97. The van der Waals surface area contributed by atoms with E-state index in [4.69, 9.17) is 0 Å². The van der Waals surface area contributed by atoms with Crippen molar-refractivity contribution < 1.29 is 13.2 Å². The number of aryl methyl sites for hydroxylation is 1. The number of rotatable bonds is 3. The van der Waals surface area contributed by atoms with Crippen LogP contribution >= 0.6 is 11.3 Å². The van der Waals surface area contributed by atoms with Gasteiger partial charge in [-0.2, -0.15) is 0 Å². The summed E-state index contributed by atoms with van der Waals surface area (Å²) >= 11 is 1.76. The maximum absolute atomic E-state index is 13.4. The molecule has 31 heavy (non-hydrogen) atoms. The average Bonchev–Trinajstić information content (AvgIpc) is 3.41. The second kappa shape index (κ2) is 7.56. The van der Waals surface area contributed by atoms with Crippen LogP contribution < -0.4 is 4.90 Å². The molecule has 0 bridgehead atoms. The van der Waals surface area contributed by atoms with Crippen molar-refractivity contribution in [1.29, 1.82) is 0 Å². The van der Waals surface area contributed by atoms with E-state index >= 15 is 0 Å². The van der Waals surface area contributed by atoms with Crippen molar-refractivity contribution in [2.45, 2.75) is 43.7 Å². The van der Waals surface area contributed by atoms with Crippen LogP contribution in [0.2, 0.25) is 0 Å². The summed E-state index contributed by atoms with van der Waals surface area (Å²) in [5.74, 6) is 0.625. The molecule has 1 amide bonds. The Morgan fingerprint density at radius 1 is 1.19 bits per heavy atom. The topological polar surface area (TPSA) is 83.5 Å². The third-order valence-corrected chi connectivity index (χ3v) is 8.32. The molecule has 7 nitrogen and oxygen atoms in total. The minimum atomic E-state index is -3.33. The van der Waals surface area contributed by atoms with Crippen LogP contribution in [0.3, 0.4) is 0 Å². The fraction of sp³-hybridized carbons (Fsp3) is 0.409. The second-order valence-corrected chi connectivity index (χ2v) is 11.3. The zero-order chi connectivity index (χ0) is 21.8. The Morgan fingerprint density at radius 3 is 2.84 bits per heavy atom. The lowest BCUT2D eigenvalue weighted by molar-refractivity contribution is -0.133. The number of carbonyl (C=O) groups excluding carboxylic acids is 1. The molecule has 0 spiro atoms. The molecule has 5 rings (SSSR count). The smallest absolute Gasteiger partial charge is 0.245 e. The number of amides is 1. The minimum Gasteiger partial charge on any atom is -0.336 e. The van der Waals surface area contributed by atoms with Crippen molar-refractivity contribution in [2.75, 3.05) is 24.2 Å². The van der Waals surface area contributed by atoms with Gasteiger partial charge in [0.05, 0.1) is 16.1 Å². The quantitative estimate of drug-likeness (QED) is 0.603. The van der Waals surface area contributed by atoms with E-state index in [1.807, 2.05) is 16.7 Å². The number of thiophene rings is 1. The maximum Gasteiger partial charge on any atom is 0.245 e. The Hall–Kier alpha value is -2.52. The molecule has 0 N–H and O–H groups in total. The van der Waals surface area contributed by atoms with Crippen molar-refractivity contribution in [3.8, 4) is 0 Å². The molecule has 0 unspecified atom stereocenters. The van der Waals surface area contributed by atoms with E-state index in [0.29, 0.717) is 24.6 Å². The van der Waals surface area contributed by atoms with E-state index < -0.39 is 9.84 Å². The van der Waals surface area contributed by atoms with Gasteiger partial charge >= 0.3 is 0 Å². The van der Waals surface area contributed by atoms with E-state index in [-0.39, 0.29) is 16.8 Å². The lowest BCUT2D eigenvalue weighted by Gasteiger charge is -2.32. The van der Waals surface area contributed by atoms with Crippen molar-refractivity contribution in [3.05, 3.63) is 45.8 Å². The number of sulfone groups is 1. The third-order valence-electron chi connectivity index (χ3n) is 6.19. The summed E-state index contributed by atoms with van der Waals surface area (Å²) < 4.78 is 24.0. The van der Waals surface area contributed by atoms with Crippen LogP contribution in [0.1, 0.15) is 29.0 Å². The highest BCUT2D eigenvalue weighted by atomic mass is 32.2. The molecule has 162 valence electrons. The first-order chi connectivity index (χ1) is 14.8. The van der Waals surface area contributed by atoms with Gasteiger partial charge in [0.25, 0.3) is 0 Å². The number of benzene rings is 1. The molecular weight excluding hydrogens is 432 g/mol. The summed E-state index contributed by atoms with van der Waals surface area (Å²) in [4.78, 5) is 28.3. The van der Waals surface area contributed by atoms with Gasteiger partial charge in [-0.15, -0.1) is 11.3 Å². The molecule has 4 heterocycles. The van der Waals surface area contributed by atoms with Crippen molar-refractivity contribution in [1.82, 2.24) is 14.9 Å². The van der Waals surface area contributed by atoms with Crippen LogP contribution in [0.4, 0.5) is 5.95 Å². The molecule has 9 heteroatoms. The summed E-state index contributed by atoms with van der Waals surface area (Å²) in [5.41, 5.74) is 2.61. The fourth-order valence-electron chi connectivity index (χ4n) is 4.52. The molecule has 1 aromatic carbocycles. The van der Waals surface area contributed by atoms with E-state index in [1.165, 1.54) is 16.7 Å². The molecular formula is C22H24N4O3S2. The highest BCUT2D eigenvalue weighted by Crippen LogP contribution is 2.30. The number of fused-ring (bicyclic) bond motifs is 2. The monoisotopic (exact) mass is 456 g/mol. The van der Waals surface area contributed by atoms with E-state index in [0.717, 1.165) is 36.9 Å². The van der Waals surface area contributed by atoms with Gasteiger partial charge in [0, 0.05) is 36.2 Å². The average molecular weight is 457 g/mol. The predicted molar refractivity (Wildman–Crippen MR) is 121 cm³/mol. The number of hydrogen-bond acceptors (Lipinski definition) is 7. The lowest BCUT2D eigenvalue weighted by Crippen LogP contribution is -2.47. The maximum atomic E-state index is 13.4. The highest BCUT2D eigenvalue weighted by molar-refractivity contribution is 7.90. The molecule has 2 aliphatic heterocycles. The molecule has 1 fully saturated rings. The number of carbonyl (C=O) groups is 1. The summed E-state index contributed by atoms with van der Waals surface area (Å²) in [6.07, 6.45) is 3.77. The largest absolute Gasteiger partial charge is 0.336 e. The number of anilines is 1. The normalized spacial score (nSPS) is 19.1. The van der Waals surface area contributed by atoms with Crippen LogP contribution in [0.15, 0.2) is 34.5 Å².